The normalized spacial score (nSPS) is 11.4. The van der Waals surface area contributed by atoms with Gasteiger partial charge >= 0.3 is 6.18 Å². The van der Waals surface area contributed by atoms with Gasteiger partial charge in [-0.25, -0.2) is 4.39 Å². The molecule has 0 radical (unpaired) electrons. The van der Waals surface area contributed by atoms with E-state index >= 15 is 0 Å². The first-order valence-electron chi connectivity index (χ1n) is 5.36. The second kappa shape index (κ2) is 5.79. The number of anilines is 2. The Kier molecular flexibility index (Phi) is 4.63. The number of nitrogens with two attached hydrogens (primary N) is 1. The minimum Gasteiger partial charge on any atom is -0.491 e. The van der Waals surface area contributed by atoms with Gasteiger partial charge in [-0.05, 0) is 6.92 Å². The van der Waals surface area contributed by atoms with Crippen LogP contribution in [0.15, 0.2) is 12.1 Å². The number of alkyl halides is 3. The van der Waals surface area contributed by atoms with Crippen LogP contribution in [0.3, 0.4) is 0 Å². The number of hydrogen-bond donors (Lipinski definition) is 2. The molecule has 3 nitrogen and oxygen atoms in total. The van der Waals surface area contributed by atoms with E-state index in [9.17, 15) is 17.6 Å². The van der Waals surface area contributed by atoms with Gasteiger partial charge in [0, 0.05) is 18.7 Å². The van der Waals surface area contributed by atoms with Crippen molar-refractivity contribution in [2.75, 3.05) is 24.2 Å². The van der Waals surface area contributed by atoms with E-state index in [2.05, 4.69) is 5.32 Å². The molecule has 1 rings (SSSR count). The summed E-state index contributed by atoms with van der Waals surface area (Å²) in [7, 11) is 0. The van der Waals surface area contributed by atoms with Gasteiger partial charge in [-0.3, -0.25) is 0 Å². The third-order valence-corrected chi connectivity index (χ3v) is 2.13. The van der Waals surface area contributed by atoms with E-state index in [1.807, 2.05) is 0 Å². The molecular weight excluding hydrogens is 252 g/mol. The molecule has 102 valence electrons. The van der Waals surface area contributed by atoms with Crippen LogP contribution in [0.2, 0.25) is 0 Å². The van der Waals surface area contributed by atoms with Crippen molar-refractivity contribution >= 4 is 11.4 Å². The van der Waals surface area contributed by atoms with E-state index in [0.29, 0.717) is 0 Å². The minimum atomic E-state index is -4.25. The fourth-order valence-corrected chi connectivity index (χ4v) is 1.33. The Morgan fingerprint density at radius 3 is 2.56 bits per heavy atom. The first-order chi connectivity index (χ1) is 8.33. The number of nitrogens with one attached hydrogen (secondary N) is 1. The molecule has 0 saturated heterocycles. The van der Waals surface area contributed by atoms with E-state index in [1.165, 1.54) is 6.07 Å². The SMILES string of the molecule is CCOc1cc(NCCC(F)(F)F)c(N)cc1F. The topological polar surface area (TPSA) is 47.3 Å². The van der Waals surface area contributed by atoms with Gasteiger partial charge < -0.3 is 15.8 Å². The van der Waals surface area contributed by atoms with Crippen molar-refractivity contribution in [1.29, 1.82) is 0 Å². The van der Waals surface area contributed by atoms with Gasteiger partial charge in [0.2, 0.25) is 0 Å². The number of nitrogen functional groups attached to an aromatic ring is 1. The molecule has 1 aromatic rings. The van der Waals surface area contributed by atoms with Crippen LogP contribution in [0.4, 0.5) is 28.9 Å². The third-order valence-electron chi connectivity index (χ3n) is 2.13. The summed E-state index contributed by atoms with van der Waals surface area (Å²) in [5.74, 6) is -0.683. The van der Waals surface area contributed by atoms with E-state index < -0.39 is 18.4 Å². The summed E-state index contributed by atoms with van der Waals surface area (Å²) in [6.07, 6.45) is -5.24. The molecule has 18 heavy (non-hydrogen) atoms. The first-order valence-corrected chi connectivity index (χ1v) is 5.36. The summed E-state index contributed by atoms with van der Waals surface area (Å²) in [6.45, 7) is 1.60. The number of benzene rings is 1. The Bertz CT molecular complexity index is 407. The minimum absolute atomic E-state index is 0.0399. The Morgan fingerprint density at radius 2 is 2.00 bits per heavy atom. The lowest BCUT2D eigenvalue weighted by atomic mass is 10.2. The Balaban J connectivity index is 2.73. The predicted molar refractivity (Wildman–Crippen MR) is 61.1 cm³/mol. The number of ether oxygens (including phenoxy) is 1. The quantitative estimate of drug-likeness (QED) is 0.635. The molecule has 0 aliphatic carbocycles. The zero-order chi connectivity index (χ0) is 13.8. The molecule has 0 amide bonds. The molecule has 0 atom stereocenters. The second-order valence-corrected chi connectivity index (χ2v) is 3.59. The first kappa shape index (κ1) is 14.4. The summed E-state index contributed by atoms with van der Waals surface area (Å²) in [5.41, 5.74) is 5.76. The molecule has 7 heteroatoms. The summed E-state index contributed by atoms with van der Waals surface area (Å²) in [6, 6.07) is 2.27. The predicted octanol–water partition coefficient (Wildman–Crippen LogP) is 3.17. The molecule has 1 aromatic carbocycles. The molecule has 0 aliphatic heterocycles. The Labute approximate surface area is 102 Å². The van der Waals surface area contributed by atoms with E-state index in [4.69, 9.17) is 10.5 Å². The molecule has 0 spiro atoms. The van der Waals surface area contributed by atoms with Crippen LogP contribution in [-0.4, -0.2) is 19.3 Å². The highest BCUT2D eigenvalue weighted by Crippen LogP contribution is 2.29. The van der Waals surface area contributed by atoms with Crippen molar-refractivity contribution < 1.29 is 22.3 Å². The van der Waals surface area contributed by atoms with Crippen molar-refractivity contribution in [3.63, 3.8) is 0 Å². The monoisotopic (exact) mass is 266 g/mol. The van der Waals surface area contributed by atoms with Crippen LogP contribution in [0.5, 0.6) is 5.75 Å². The Hall–Kier alpha value is -1.66. The van der Waals surface area contributed by atoms with E-state index in [0.717, 1.165) is 6.07 Å². The molecule has 0 aliphatic rings. The lowest BCUT2D eigenvalue weighted by Crippen LogP contribution is -2.15. The highest BCUT2D eigenvalue weighted by molar-refractivity contribution is 5.68. The van der Waals surface area contributed by atoms with Gasteiger partial charge in [0.1, 0.15) is 0 Å². The number of rotatable bonds is 5. The van der Waals surface area contributed by atoms with Crippen molar-refractivity contribution in [3.8, 4) is 5.75 Å². The van der Waals surface area contributed by atoms with Gasteiger partial charge in [0.05, 0.1) is 24.4 Å². The fourth-order valence-electron chi connectivity index (χ4n) is 1.33. The van der Waals surface area contributed by atoms with Crippen LogP contribution < -0.4 is 15.8 Å². The lowest BCUT2D eigenvalue weighted by molar-refractivity contribution is -0.131. The van der Waals surface area contributed by atoms with Gasteiger partial charge in [-0.2, -0.15) is 13.2 Å². The van der Waals surface area contributed by atoms with Crippen molar-refractivity contribution in [1.82, 2.24) is 0 Å². The second-order valence-electron chi connectivity index (χ2n) is 3.59. The molecule has 0 saturated carbocycles. The lowest BCUT2D eigenvalue weighted by Gasteiger charge is -2.13. The van der Waals surface area contributed by atoms with Crippen LogP contribution in [0, 0.1) is 5.82 Å². The van der Waals surface area contributed by atoms with Gasteiger partial charge in [0.15, 0.2) is 11.6 Å². The highest BCUT2D eigenvalue weighted by Gasteiger charge is 2.26. The van der Waals surface area contributed by atoms with E-state index in [-0.39, 0.29) is 30.3 Å². The summed E-state index contributed by atoms with van der Waals surface area (Å²) >= 11 is 0. The molecule has 0 fully saturated rings. The van der Waals surface area contributed by atoms with Crippen molar-refractivity contribution in [2.24, 2.45) is 0 Å². The maximum absolute atomic E-state index is 13.3. The van der Waals surface area contributed by atoms with E-state index in [1.54, 1.807) is 6.92 Å². The molecule has 0 heterocycles. The van der Waals surface area contributed by atoms with Crippen LogP contribution >= 0.6 is 0 Å². The molecule has 0 bridgehead atoms. The van der Waals surface area contributed by atoms with Crippen molar-refractivity contribution in [2.45, 2.75) is 19.5 Å². The van der Waals surface area contributed by atoms with Crippen LogP contribution in [0.1, 0.15) is 13.3 Å². The average molecular weight is 266 g/mol. The molecular formula is C11H14F4N2O. The fraction of sp³-hybridized carbons (Fsp3) is 0.455. The molecule has 0 unspecified atom stereocenters. The van der Waals surface area contributed by atoms with Gasteiger partial charge in [0.25, 0.3) is 0 Å². The standard InChI is InChI=1S/C11H14F4N2O/c1-2-18-10-6-9(8(16)5-7(10)12)17-4-3-11(13,14)15/h5-6,17H,2-4,16H2,1H3. The van der Waals surface area contributed by atoms with Gasteiger partial charge in [-0.15, -0.1) is 0 Å². The number of halogens is 4. The maximum atomic E-state index is 13.3. The van der Waals surface area contributed by atoms with Crippen LogP contribution in [0.25, 0.3) is 0 Å². The maximum Gasteiger partial charge on any atom is 0.390 e. The highest BCUT2D eigenvalue weighted by atomic mass is 19.4. The van der Waals surface area contributed by atoms with Crippen molar-refractivity contribution in [3.05, 3.63) is 17.9 Å². The zero-order valence-electron chi connectivity index (χ0n) is 9.77. The van der Waals surface area contributed by atoms with Crippen LogP contribution in [-0.2, 0) is 0 Å². The number of hydrogen-bond acceptors (Lipinski definition) is 3. The van der Waals surface area contributed by atoms with Gasteiger partial charge in [-0.1, -0.05) is 0 Å². The molecule has 3 N–H and O–H groups in total. The zero-order valence-corrected chi connectivity index (χ0v) is 9.77. The average Bonchev–Trinajstić information content (AvgIpc) is 2.23. The Morgan fingerprint density at radius 1 is 1.33 bits per heavy atom. The summed E-state index contributed by atoms with van der Waals surface area (Å²) in [5, 5.41) is 2.50. The third kappa shape index (κ3) is 4.31. The smallest absolute Gasteiger partial charge is 0.390 e. The summed E-state index contributed by atoms with van der Waals surface area (Å²) in [4.78, 5) is 0. The summed E-state index contributed by atoms with van der Waals surface area (Å²) < 4.78 is 54.2. The molecule has 0 aromatic heterocycles. The largest absolute Gasteiger partial charge is 0.491 e.